The zero-order valence-corrected chi connectivity index (χ0v) is 11.2. The average molecular weight is 295 g/mol. The molecule has 0 saturated carbocycles. The first-order chi connectivity index (χ1) is 9.88. The van der Waals surface area contributed by atoms with Crippen LogP contribution >= 0.6 is 0 Å². The molecule has 0 radical (unpaired) electrons. The summed E-state index contributed by atoms with van der Waals surface area (Å²) in [4.78, 5) is 0. The van der Waals surface area contributed by atoms with Crippen molar-refractivity contribution in [2.75, 3.05) is 0 Å². The third kappa shape index (κ3) is 4.06. The largest absolute Gasteiger partial charge is 0.416 e. The fraction of sp³-hybridized carbons (Fsp3) is 0.250. The zero-order chi connectivity index (χ0) is 15.5. The van der Waals surface area contributed by atoms with Crippen LogP contribution in [0.15, 0.2) is 54.6 Å². The Bertz CT molecular complexity index is 566. The number of rotatable bonds is 4. The lowest BCUT2D eigenvalue weighted by atomic mass is 9.96. The van der Waals surface area contributed by atoms with E-state index in [-0.39, 0.29) is 0 Å². The van der Waals surface area contributed by atoms with Crippen molar-refractivity contribution in [3.05, 3.63) is 71.3 Å². The molecule has 0 heterocycles. The highest BCUT2D eigenvalue weighted by Gasteiger charge is 2.30. The Labute approximate surface area is 121 Å². The number of hydrogen-bond acceptors (Lipinski definition) is 2. The van der Waals surface area contributed by atoms with Crippen molar-refractivity contribution in [2.24, 2.45) is 5.73 Å². The molecule has 2 aromatic carbocycles. The Balaban J connectivity index is 2.07. The van der Waals surface area contributed by atoms with Crippen molar-refractivity contribution in [2.45, 2.75) is 24.7 Å². The van der Waals surface area contributed by atoms with Crippen molar-refractivity contribution < 1.29 is 18.3 Å². The van der Waals surface area contributed by atoms with Crippen molar-refractivity contribution >= 4 is 0 Å². The summed E-state index contributed by atoms with van der Waals surface area (Å²) in [7, 11) is 0. The van der Waals surface area contributed by atoms with Gasteiger partial charge in [0.2, 0.25) is 0 Å². The number of hydrogen-bond donors (Lipinski definition) is 2. The van der Waals surface area contributed by atoms with Gasteiger partial charge in [-0.1, -0.05) is 42.5 Å². The second kappa shape index (κ2) is 6.28. The Kier molecular flexibility index (Phi) is 4.65. The van der Waals surface area contributed by atoms with Gasteiger partial charge in [-0.05, 0) is 23.3 Å². The minimum atomic E-state index is -4.37. The molecule has 0 unspecified atom stereocenters. The van der Waals surface area contributed by atoms with Gasteiger partial charge in [0, 0.05) is 6.42 Å². The summed E-state index contributed by atoms with van der Waals surface area (Å²) in [5.74, 6) is 0. The van der Waals surface area contributed by atoms with Crippen molar-refractivity contribution in [3.63, 3.8) is 0 Å². The van der Waals surface area contributed by atoms with E-state index in [4.69, 9.17) is 5.73 Å². The van der Waals surface area contributed by atoms with E-state index >= 15 is 0 Å². The first-order valence-electron chi connectivity index (χ1n) is 6.52. The van der Waals surface area contributed by atoms with Crippen LogP contribution < -0.4 is 5.73 Å². The monoisotopic (exact) mass is 295 g/mol. The second-order valence-electron chi connectivity index (χ2n) is 4.90. The van der Waals surface area contributed by atoms with Crippen LogP contribution in [-0.4, -0.2) is 11.2 Å². The van der Waals surface area contributed by atoms with Crippen LogP contribution in [0, 0.1) is 0 Å². The van der Waals surface area contributed by atoms with E-state index in [2.05, 4.69) is 0 Å². The quantitative estimate of drug-likeness (QED) is 0.909. The molecule has 2 nitrogen and oxygen atoms in total. The summed E-state index contributed by atoms with van der Waals surface area (Å²) >= 11 is 0. The fourth-order valence-corrected chi connectivity index (χ4v) is 2.10. The van der Waals surface area contributed by atoms with Crippen LogP contribution in [0.25, 0.3) is 0 Å². The number of nitrogens with two attached hydrogens (primary N) is 1. The highest BCUT2D eigenvalue weighted by Crippen LogP contribution is 2.30. The highest BCUT2D eigenvalue weighted by molar-refractivity contribution is 5.28. The van der Waals surface area contributed by atoms with Crippen LogP contribution in [0.2, 0.25) is 0 Å². The summed E-state index contributed by atoms with van der Waals surface area (Å²) in [6, 6.07) is 13.1. The van der Waals surface area contributed by atoms with Crippen molar-refractivity contribution in [1.29, 1.82) is 0 Å². The molecule has 3 N–H and O–H groups in total. The van der Waals surface area contributed by atoms with Gasteiger partial charge in [0.25, 0.3) is 0 Å². The molecule has 0 aliphatic rings. The first kappa shape index (κ1) is 15.5. The maximum Gasteiger partial charge on any atom is 0.416 e. The maximum atomic E-state index is 12.5. The van der Waals surface area contributed by atoms with Crippen LogP contribution in [0.1, 0.15) is 22.7 Å². The highest BCUT2D eigenvalue weighted by atomic mass is 19.4. The standard InChI is InChI=1S/C16H16F3NO/c17-16(18,19)13-8-6-12(7-9-13)15(20)14(21)10-11-4-2-1-3-5-11/h1-9,14-15,21H,10,20H2/t14-,15+/m0/s1. The average Bonchev–Trinajstić information content (AvgIpc) is 2.46. The first-order valence-corrected chi connectivity index (χ1v) is 6.52. The summed E-state index contributed by atoms with van der Waals surface area (Å²) in [5.41, 5.74) is 6.59. The molecule has 2 rings (SSSR count). The molecular formula is C16H16F3NO. The second-order valence-corrected chi connectivity index (χ2v) is 4.90. The van der Waals surface area contributed by atoms with E-state index in [0.29, 0.717) is 12.0 Å². The Morgan fingerprint density at radius 3 is 2.05 bits per heavy atom. The van der Waals surface area contributed by atoms with Gasteiger partial charge in [0.05, 0.1) is 17.7 Å². The topological polar surface area (TPSA) is 46.2 Å². The van der Waals surface area contributed by atoms with E-state index in [0.717, 1.165) is 17.7 Å². The Hall–Kier alpha value is -1.85. The fourth-order valence-electron chi connectivity index (χ4n) is 2.10. The van der Waals surface area contributed by atoms with Gasteiger partial charge in [-0.3, -0.25) is 0 Å². The lowest BCUT2D eigenvalue weighted by Crippen LogP contribution is -2.28. The van der Waals surface area contributed by atoms with Crippen molar-refractivity contribution in [3.8, 4) is 0 Å². The molecule has 2 aromatic rings. The smallest absolute Gasteiger partial charge is 0.391 e. The van der Waals surface area contributed by atoms with E-state index in [1.165, 1.54) is 12.1 Å². The van der Waals surface area contributed by atoms with Gasteiger partial charge in [-0.2, -0.15) is 13.2 Å². The number of alkyl halides is 3. The molecule has 2 atom stereocenters. The predicted octanol–water partition coefficient (Wildman–Crippen LogP) is 3.31. The summed E-state index contributed by atoms with van der Waals surface area (Å²) < 4.78 is 37.5. The lowest BCUT2D eigenvalue weighted by molar-refractivity contribution is -0.137. The Morgan fingerprint density at radius 2 is 1.52 bits per heavy atom. The van der Waals surface area contributed by atoms with E-state index in [1.54, 1.807) is 0 Å². The molecule has 112 valence electrons. The van der Waals surface area contributed by atoms with Crippen molar-refractivity contribution in [1.82, 2.24) is 0 Å². The molecule has 0 aliphatic carbocycles. The molecule has 0 aromatic heterocycles. The molecule has 0 amide bonds. The minimum Gasteiger partial charge on any atom is -0.391 e. The molecular weight excluding hydrogens is 279 g/mol. The SMILES string of the molecule is N[C@H](c1ccc(C(F)(F)F)cc1)[C@@H](O)Cc1ccccc1. The van der Waals surface area contributed by atoms with Crippen LogP contribution in [0.4, 0.5) is 13.2 Å². The number of aliphatic hydroxyl groups excluding tert-OH is 1. The molecule has 21 heavy (non-hydrogen) atoms. The number of benzene rings is 2. The van der Waals surface area contributed by atoms with Gasteiger partial charge < -0.3 is 10.8 Å². The lowest BCUT2D eigenvalue weighted by Gasteiger charge is -2.20. The third-order valence-electron chi connectivity index (χ3n) is 3.33. The van der Waals surface area contributed by atoms with Gasteiger partial charge in [-0.25, -0.2) is 0 Å². The number of aliphatic hydroxyl groups is 1. The minimum absolute atomic E-state index is 0.350. The molecule has 5 heteroatoms. The molecule has 0 bridgehead atoms. The molecule has 0 fully saturated rings. The van der Waals surface area contributed by atoms with E-state index in [1.807, 2.05) is 30.3 Å². The molecule has 0 saturated heterocycles. The van der Waals surface area contributed by atoms with E-state index < -0.39 is 23.9 Å². The van der Waals surface area contributed by atoms with Gasteiger partial charge >= 0.3 is 6.18 Å². The Morgan fingerprint density at radius 1 is 0.952 bits per heavy atom. The molecule has 0 aliphatic heterocycles. The van der Waals surface area contributed by atoms with E-state index in [9.17, 15) is 18.3 Å². The van der Waals surface area contributed by atoms with Crippen LogP contribution in [0.5, 0.6) is 0 Å². The third-order valence-corrected chi connectivity index (χ3v) is 3.33. The van der Waals surface area contributed by atoms with Crippen LogP contribution in [0.3, 0.4) is 0 Å². The summed E-state index contributed by atoms with van der Waals surface area (Å²) in [6.07, 6.45) is -4.88. The van der Waals surface area contributed by atoms with Gasteiger partial charge in [-0.15, -0.1) is 0 Å². The predicted molar refractivity (Wildman–Crippen MR) is 74.5 cm³/mol. The molecule has 0 spiro atoms. The number of halogens is 3. The van der Waals surface area contributed by atoms with Crippen LogP contribution in [-0.2, 0) is 12.6 Å². The maximum absolute atomic E-state index is 12.5. The zero-order valence-electron chi connectivity index (χ0n) is 11.2. The normalized spacial score (nSPS) is 14.7. The summed E-state index contributed by atoms with van der Waals surface area (Å²) in [6.45, 7) is 0. The van der Waals surface area contributed by atoms with Gasteiger partial charge in [0.1, 0.15) is 0 Å². The summed E-state index contributed by atoms with van der Waals surface area (Å²) in [5, 5.41) is 10.1. The van der Waals surface area contributed by atoms with Gasteiger partial charge in [0.15, 0.2) is 0 Å².